The Morgan fingerprint density at radius 3 is 2.48 bits per heavy atom. The van der Waals surface area contributed by atoms with Gasteiger partial charge in [0, 0.05) is 31.9 Å². The molecular weight excluding hydrogens is 435 g/mol. The molecule has 1 aliphatic rings. The fourth-order valence-corrected chi connectivity index (χ4v) is 3.94. The highest BCUT2D eigenvalue weighted by molar-refractivity contribution is 5.98. The quantitative estimate of drug-likeness (QED) is 0.597. The van der Waals surface area contributed by atoms with Gasteiger partial charge in [-0.2, -0.15) is 28.2 Å². The molecule has 11 heteroatoms. The maximum absolute atomic E-state index is 13.6. The van der Waals surface area contributed by atoms with Crippen molar-refractivity contribution in [3.63, 3.8) is 0 Å². The van der Waals surface area contributed by atoms with Crippen LogP contribution in [0.15, 0.2) is 36.8 Å². The molecule has 2 aromatic heterocycles. The van der Waals surface area contributed by atoms with E-state index in [4.69, 9.17) is 0 Å². The molecule has 1 atom stereocenters. The number of rotatable bonds is 3. The molecule has 3 aromatic rings. The Balaban J connectivity index is 1.57. The molecule has 33 heavy (non-hydrogen) atoms. The summed E-state index contributed by atoms with van der Waals surface area (Å²) in [6.45, 7) is 6.51. The first-order valence-electron chi connectivity index (χ1n) is 10.6. The predicted octanol–water partition coefficient (Wildman–Crippen LogP) is 3.43. The van der Waals surface area contributed by atoms with E-state index in [1.807, 2.05) is 36.9 Å². The molecular formula is C22H24F3N7O. The molecule has 0 aliphatic carbocycles. The minimum absolute atomic E-state index is 0.0861. The number of hydrogen-bond donors (Lipinski definition) is 0. The lowest BCUT2D eigenvalue weighted by atomic mass is 10.1. The number of hydrogen-bond acceptors (Lipinski definition) is 6. The molecule has 0 radical (unpaired) electrons. The van der Waals surface area contributed by atoms with Gasteiger partial charge in [0.05, 0.1) is 34.9 Å². The highest BCUT2D eigenvalue weighted by Gasteiger charge is 2.34. The van der Waals surface area contributed by atoms with E-state index in [1.165, 1.54) is 11.7 Å². The van der Waals surface area contributed by atoms with E-state index < -0.39 is 11.7 Å². The van der Waals surface area contributed by atoms with Crippen LogP contribution >= 0.6 is 0 Å². The van der Waals surface area contributed by atoms with Gasteiger partial charge in [0.2, 0.25) is 5.95 Å². The molecule has 0 N–H and O–H groups in total. The first kappa shape index (κ1) is 22.7. The van der Waals surface area contributed by atoms with Gasteiger partial charge in [-0.25, -0.2) is 9.97 Å². The van der Waals surface area contributed by atoms with Crippen LogP contribution in [0.4, 0.5) is 19.1 Å². The Morgan fingerprint density at radius 1 is 1.09 bits per heavy atom. The number of nitrogens with zero attached hydrogens (tertiary/aromatic N) is 7. The van der Waals surface area contributed by atoms with Crippen LogP contribution in [-0.2, 0) is 6.18 Å². The molecule has 0 spiro atoms. The summed E-state index contributed by atoms with van der Waals surface area (Å²) in [7, 11) is 0. The Hall–Kier alpha value is -3.50. The summed E-state index contributed by atoms with van der Waals surface area (Å²) in [5, 5.41) is 8.31. The van der Waals surface area contributed by atoms with Crippen LogP contribution in [0.25, 0.3) is 5.69 Å². The van der Waals surface area contributed by atoms with Gasteiger partial charge in [-0.15, -0.1) is 0 Å². The zero-order valence-corrected chi connectivity index (χ0v) is 18.5. The van der Waals surface area contributed by atoms with Gasteiger partial charge in [-0.05, 0) is 39.3 Å². The van der Waals surface area contributed by atoms with Gasteiger partial charge in [0.25, 0.3) is 5.91 Å². The van der Waals surface area contributed by atoms with E-state index >= 15 is 0 Å². The van der Waals surface area contributed by atoms with Gasteiger partial charge in [-0.1, -0.05) is 11.6 Å². The molecule has 0 saturated carbocycles. The molecule has 0 bridgehead atoms. The summed E-state index contributed by atoms with van der Waals surface area (Å²) in [5.41, 5.74) is 1.06. The molecule has 1 fully saturated rings. The van der Waals surface area contributed by atoms with E-state index in [9.17, 15) is 18.0 Å². The summed E-state index contributed by atoms with van der Waals surface area (Å²) in [4.78, 5) is 26.6. The van der Waals surface area contributed by atoms with Crippen molar-refractivity contribution in [1.82, 2.24) is 29.9 Å². The van der Waals surface area contributed by atoms with Crippen LogP contribution < -0.4 is 4.90 Å². The van der Waals surface area contributed by atoms with Gasteiger partial charge >= 0.3 is 6.18 Å². The molecule has 1 saturated heterocycles. The molecule has 3 heterocycles. The lowest BCUT2D eigenvalue weighted by Gasteiger charge is -2.27. The van der Waals surface area contributed by atoms with Crippen LogP contribution in [0.1, 0.15) is 40.5 Å². The SMILES string of the molecule is Cc1ccc(-n2nccn2)c(C(=O)N2CCN(c3ncc(C(F)(F)F)c(C)n3)CC[C@H]2C)c1. The lowest BCUT2D eigenvalue weighted by molar-refractivity contribution is -0.138. The smallest absolute Gasteiger partial charge is 0.339 e. The minimum atomic E-state index is -4.49. The Morgan fingerprint density at radius 2 is 1.82 bits per heavy atom. The molecule has 174 valence electrons. The number of amides is 1. The average Bonchev–Trinajstić information content (AvgIpc) is 3.22. The summed E-state index contributed by atoms with van der Waals surface area (Å²) >= 11 is 0. The molecule has 1 aliphatic heterocycles. The normalized spacial score (nSPS) is 17.2. The van der Waals surface area contributed by atoms with Gasteiger partial charge < -0.3 is 9.80 Å². The largest absolute Gasteiger partial charge is 0.419 e. The van der Waals surface area contributed by atoms with Crippen molar-refractivity contribution in [3.8, 4) is 5.69 Å². The van der Waals surface area contributed by atoms with Crippen molar-refractivity contribution in [2.45, 2.75) is 39.4 Å². The number of aromatic nitrogens is 5. The first-order valence-corrected chi connectivity index (χ1v) is 10.6. The average molecular weight is 459 g/mol. The van der Waals surface area contributed by atoms with Crippen LogP contribution in [-0.4, -0.2) is 61.4 Å². The third-order valence-corrected chi connectivity index (χ3v) is 5.79. The topological polar surface area (TPSA) is 80.0 Å². The summed E-state index contributed by atoms with van der Waals surface area (Å²) < 4.78 is 39.2. The highest BCUT2D eigenvalue weighted by Crippen LogP contribution is 2.31. The number of carbonyl (C=O) groups is 1. The molecule has 0 unspecified atom stereocenters. The number of benzene rings is 1. The van der Waals surface area contributed by atoms with Gasteiger partial charge in [0.1, 0.15) is 0 Å². The van der Waals surface area contributed by atoms with Gasteiger partial charge in [0.15, 0.2) is 0 Å². The maximum atomic E-state index is 13.6. The van der Waals surface area contributed by atoms with Crippen LogP contribution in [0.3, 0.4) is 0 Å². The van der Waals surface area contributed by atoms with Crippen molar-refractivity contribution in [2.24, 2.45) is 0 Å². The Labute approximate surface area is 189 Å². The molecule has 1 aromatic carbocycles. The summed E-state index contributed by atoms with van der Waals surface area (Å²) in [6, 6.07) is 5.44. The Bertz CT molecular complexity index is 1150. The van der Waals surface area contributed by atoms with Crippen LogP contribution in [0, 0.1) is 13.8 Å². The summed E-state index contributed by atoms with van der Waals surface area (Å²) in [6.07, 6.45) is 0.0502. The van der Waals surface area contributed by atoms with Crippen LogP contribution in [0.2, 0.25) is 0 Å². The zero-order valence-electron chi connectivity index (χ0n) is 18.5. The highest BCUT2D eigenvalue weighted by atomic mass is 19.4. The lowest BCUT2D eigenvalue weighted by Crippen LogP contribution is -2.40. The third-order valence-electron chi connectivity index (χ3n) is 5.79. The number of carbonyl (C=O) groups excluding carboxylic acids is 1. The standard InChI is InChI=1S/C22H24F3N7O/c1-14-4-5-19(32-27-7-8-28-32)17(12-14)20(33)31-11-10-30(9-6-15(31)2)21-26-13-18(16(3)29-21)22(23,24)25/h4-5,7-8,12-13,15H,6,9-11H2,1-3H3/t15-/m1/s1. The van der Waals surface area contributed by atoms with Crippen molar-refractivity contribution < 1.29 is 18.0 Å². The van der Waals surface area contributed by atoms with Crippen molar-refractivity contribution in [1.29, 1.82) is 0 Å². The third kappa shape index (κ3) is 4.67. The number of aryl methyl sites for hydroxylation is 2. The summed E-state index contributed by atoms with van der Waals surface area (Å²) in [5.74, 6) is 0.0869. The van der Waals surface area contributed by atoms with Crippen molar-refractivity contribution in [3.05, 3.63) is 59.2 Å². The fraction of sp³-hybridized carbons (Fsp3) is 0.409. The van der Waals surface area contributed by atoms with E-state index in [2.05, 4.69) is 20.2 Å². The monoisotopic (exact) mass is 459 g/mol. The minimum Gasteiger partial charge on any atom is -0.339 e. The molecule has 1 amide bonds. The second-order valence-corrected chi connectivity index (χ2v) is 8.13. The maximum Gasteiger partial charge on any atom is 0.419 e. The molecule has 4 rings (SSSR count). The van der Waals surface area contributed by atoms with E-state index in [0.29, 0.717) is 37.3 Å². The Kier molecular flexibility index (Phi) is 6.05. The van der Waals surface area contributed by atoms with E-state index in [0.717, 1.165) is 11.8 Å². The second-order valence-electron chi connectivity index (χ2n) is 8.13. The predicted molar refractivity (Wildman–Crippen MR) is 115 cm³/mol. The van der Waals surface area contributed by atoms with Crippen molar-refractivity contribution in [2.75, 3.05) is 24.5 Å². The number of anilines is 1. The number of alkyl halides is 3. The second kappa shape index (κ2) is 8.80. The molecule has 8 nitrogen and oxygen atoms in total. The zero-order chi connectivity index (χ0) is 23.8. The van der Waals surface area contributed by atoms with Crippen LogP contribution in [0.5, 0.6) is 0 Å². The number of halogens is 3. The fourth-order valence-electron chi connectivity index (χ4n) is 3.94. The van der Waals surface area contributed by atoms with E-state index in [-0.39, 0.29) is 23.6 Å². The van der Waals surface area contributed by atoms with Crippen molar-refractivity contribution >= 4 is 11.9 Å². The first-order chi connectivity index (χ1) is 15.6. The van der Waals surface area contributed by atoms with Gasteiger partial charge in [-0.3, -0.25) is 4.79 Å². The van der Waals surface area contributed by atoms with E-state index in [1.54, 1.807) is 17.3 Å².